The zero-order valence-corrected chi connectivity index (χ0v) is 14.7. The predicted molar refractivity (Wildman–Crippen MR) is 95.5 cm³/mol. The third kappa shape index (κ3) is 4.14. The standard InChI is InChI=1S/C21H24O4/c1-21(2,15-5-3-7-17(9-15)22-11-19-13-24-19)16-6-4-8-18(10-16)23-12-20-14-25-20/h3-10,19-20H,11-14H2,1-2H3. The molecule has 0 amide bonds. The Morgan fingerprint density at radius 1 is 0.840 bits per heavy atom. The van der Waals surface area contributed by atoms with Gasteiger partial charge in [-0.3, -0.25) is 0 Å². The van der Waals surface area contributed by atoms with E-state index in [-0.39, 0.29) is 17.6 Å². The van der Waals surface area contributed by atoms with Gasteiger partial charge in [0.05, 0.1) is 13.2 Å². The molecule has 2 unspecified atom stereocenters. The fourth-order valence-corrected chi connectivity index (χ4v) is 2.82. The maximum absolute atomic E-state index is 5.83. The molecule has 2 aromatic carbocycles. The molecule has 0 bridgehead atoms. The zero-order chi connectivity index (χ0) is 17.3. The Kier molecular flexibility index (Phi) is 4.40. The van der Waals surface area contributed by atoms with Crippen LogP contribution in [0.1, 0.15) is 25.0 Å². The van der Waals surface area contributed by atoms with Crippen LogP contribution in [0.5, 0.6) is 11.5 Å². The minimum Gasteiger partial charge on any atom is -0.491 e. The first-order valence-electron chi connectivity index (χ1n) is 8.81. The predicted octanol–water partition coefficient (Wildman–Crippen LogP) is 3.57. The molecular formula is C21H24O4. The van der Waals surface area contributed by atoms with E-state index in [0.29, 0.717) is 13.2 Å². The van der Waals surface area contributed by atoms with Gasteiger partial charge in [-0.15, -0.1) is 0 Å². The molecule has 132 valence electrons. The minimum atomic E-state index is -0.148. The van der Waals surface area contributed by atoms with Gasteiger partial charge in [0.25, 0.3) is 0 Å². The highest BCUT2D eigenvalue weighted by atomic mass is 16.6. The summed E-state index contributed by atoms with van der Waals surface area (Å²) in [7, 11) is 0. The third-order valence-corrected chi connectivity index (χ3v) is 4.79. The quantitative estimate of drug-likeness (QED) is 0.689. The fourth-order valence-electron chi connectivity index (χ4n) is 2.82. The van der Waals surface area contributed by atoms with Crippen molar-refractivity contribution in [1.82, 2.24) is 0 Å². The Morgan fingerprint density at radius 3 is 1.68 bits per heavy atom. The Morgan fingerprint density at radius 2 is 1.28 bits per heavy atom. The number of benzene rings is 2. The number of hydrogen-bond donors (Lipinski definition) is 0. The van der Waals surface area contributed by atoms with Crippen LogP contribution in [0.15, 0.2) is 48.5 Å². The lowest BCUT2D eigenvalue weighted by Gasteiger charge is -2.27. The van der Waals surface area contributed by atoms with Gasteiger partial charge in [0.1, 0.15) is 36.9 Å². The summed E-state index contributed by atoms with van der Waals surface area (Å²) in [5, 5.41) is 0. The second-order valence-electron chi connectivity index (χ2n) is 7.21. The smallest absolute Gasteiger partial charge is 0.119 e. The molecule has 0 aliphatic carbocycles. The average molecular weight is 340 g/mol. The van der Waals surface area contributed by atoms with E-state index in [0.717, 1.165) is 24.7 Å². The van der Waals surface area contributed by atoms with E-state index in [9.17, 15) is 0 Å². The molecule has 0 saturated carbocycles. The molecule has 2 aliphatic heterocycles. The van der Waals surface area contributed by atoms with Crippen LogP contribution in [-0.4, -0.2) is 38.6 Å². The highest BCUT2D eigenvalue weighted by Crippen LogP contribution is 2.35. The average Bonchev–Trinajstić information content (AvgIpc) is 3.54. The van der Waals surface area contributed by atoms with Crippen molar-refractivity contribution in [3.05, 3.63) is 59.7 Å². The highest BCUT2D eigenvalue weighted by molar-refractivity contribution is 5.43. The number of epoxide rings is 2. The molecule has 0 N–H and O–H groups in total. The molecule has 2 fully saturated rings. The largest absolute Gasteiger partial charge is 0.491 e. The Labute approximate surface area is 148 Å². The summed E-state index contributed by atoms with van der Waals surface area (Å²) < 4.78 is 22.1. The van der Waals surface area contributed by atoms with E-state index in [1.54, 1.807) is 0 Å². The lowest BCUT2D eigenvalue weighted by atomic mass is 9.78. The molecule has 0 spiro atoms. The van der Waals surface area contributed by atoms with Crippen LogP contribution in [0.3, 0.4) is 0 Å². The van der Waals surface area contributed by atoms with Gasteiger partial charge in [-0.1, -0.05) is 38.1 Å². The zero-order valence-electron chi connectivity index (χ0n) is 14.7. The molecule has 2 aliphatic rings. The van der Waals surface area contributed by atoms with Crippen LogP contribution in [0.4, 0.5) is 0 Å². The van der Waals surface area contributed by atoms with E-state index >= 15 is 0 Å². The maximum Gasteiger partial charge on any atom is 0.119 e. The van der Waals surface area contributed by atoms with Gasteiger partial charge in [-0.05, 0) is 35.4 Å². The van der Waals surface area contributed by atoms with Crippen molar-refractivity contribution >= 4 is 0 Å². The molecule has 4 rings (SSSR count). The van der Waals surface area contributed by atoms with Crippen molar-refractivity contribution in [2.75, 3.05) is 26.4 Å². The van der Waals surface area contributed by atoms with Gasteiger partial charge in [0, 0.05) is 5.41 Å². The molecule has 4 nitrogen and oxygen atoms in total. The second kappa shape index (κ2) is 6.70. The number of ether oxygens (including phenoxy) is 4. The SMILES string of the molecule is CC(C)(c1cccc(OCC2CO2)c1)c1cccc(OCC2CO2)c1. The third-order valence-electron chi connectivity index (χ3n) is 4.79. The molecule has 4 heteroatoms. The van der Waals surface area contributed by atoms with Crippen LogP contribution in [-0.2, 0) is 14.9 Å². The van der Waals surface area contributed by atoms with Gasteiger partial charge in [-0.2, -0.15) is 0 Å². The van der Waals surface area contributed by atoms with E-state index in [1.165, 1.54) is 11.1 Å². The molecule has 25 heavy (non-hydrogen) atoms. The van der Waals surface area contributed by atoms with E-state index < -0.39 is 0 Å². The summed E-state index contributed by atoms with van der Waals surface area (Å²) in [4.78, 5) is 0. The van der Waals surface area contributed by atoms with Crippen LogP contribution >= 0.6 is 0 Å². The highest BCUT2D eigenvalue weighted by Gasteiger charge is 2.26. The first-order valence-corrected chi connectivity index (χ1v) is 8.81. The topological polar surface area (TPSA) is 43.5 Å². The van der Waals surface area contributed by atoms with Gasteiger partial charge in [0.15, 0.2) is 0 Å². The molecule has 2 atom stereocenters. The molecule has 2 heterocycles. The normalized spacial score (nSPS) is 21.7. The second-order valence-corrected chi connectivity index (χ2v) is 7.21. The summed E-state index contributed by atoms with van der Waals surface area (Å²) in [6.07, 6.45) is 0.530. The van der Waals surface area contributed by atoms with Crippen molar-refractivity contribution in [1.29, 1.82) is 0 Å². The fraction of sp³-hybridized carbons (Fsp3) is 0.429. The molecular weight excluding hydrogens is 316 g/mol. The van der Waals surface area contributed by atoms with Crippen molar-refractivity contribution in [3.8, 4) is 11.5 Å². The molecule has 0 radical (unpaired) electrons. The molecule has 0 aromatic heterocycles. The van der Waals surface area contributed by atoms with Crippen molar-refractivity contribution < 1.29 is 18.9 Å². The van der Waals surface area contributed by atoms with E-state index in [2.05, 4.69) is 38.1 Å². The van der Waals surface area contributed by atoms with E-state index in [4.69, 9.17) is 18.9 Å². The summed E-state index contributed by atoms with van der Waals surface area (Å²) in [6, 6.07) is 16.6. The van der Waals surface area contributed by atoms with Crippen LogP contribution in [0.25, 0.3) is 0 Å². The Hall–Kier alpha value is -2.04. The molecule has 2 saturated heterocycles. The van der Waals surface area contributed by atoms with Gasteiger partial charge in [-0.25, -0.2) is 0 Å². The number of rotatable bonds is 8. The van der Waals surface area contributed by atoms with Crippen molar-refractivity contribution in [3.63, 3.8) is 0 Å². The van der Waals surface area contributed by atoms with Gasteiger partial charge >= 0.3 is 0 Å². The van der Waals surface area contributed by atoms with Crippen LogP contribution < -0.4 is 9.47 Å². The summed E-state index contributed by atoms with van der Waals surface area (Å²) in [5.41, 5.74) is 2.28. The number of hydrogen-bond acceptors (Lipinski definition) is 4. The maximum atomic E-state index is 5.83. The monoisotopic (exact) mass is 340 g/mol. The summed E-state index contributed by atoms with van der Waals surface area (Å²) in [5.74, 6) is 1.78. The van der Waals surface area contributed by atoms with E-state index in [1.807, 2.05) is 24.3 Å². The van der Waals surface area contributed by atoms with Crippen molar-refractivity contribution in [2.24, 2.45) is 0 Å². The van der Waals surface area contributed by atoms with Gasteiger partial charge in [0.2, 0.25) is 0 Å². The Bertz CT molecular complexity index is 671. The first kappa shape index (κ1) is 16.4. The minimum absolute atomic E-state index is 0.148. The van der Waals surface area contributed by atoms with Crippen LogP contribution in [0.2, 0.25) is 0 Å². The summed E-state index contributed by atoms with van der Waals surface area (Å²) in [6.45, 7) is 7.30. The Balaban J connectivity index is 1.51. The first-order chi connectivity index (χ1) is 12.1. The van der Waals surface area contributed by atoms with Gasteiger partial charge < -0.3 is 18.9 Å². The lowest BCUT2D eigenvalue weighted by molar-refractivity contribution is 0.262. The molecule has 2 aromatic rings. The summed E-state index contributed by atoms with van der Waals surface area (Å²) >= 11 is 0. The lowest BCUT2D eigenvalue weighted by Crippen LogP contribution is -2.19. The van der Waals surface area contributed by atoms with Crippen molar-refractivity contribution in [2.45, 2.75) is 31.5 Å². The van der Waals surface area contributed by atoms with Crippen LogP contribution in [0, 0.1) is 0 Å².